The second-order valence-electron chi connectivity index (χ2n) is 4.64. The first-order chi connectivity index (χ1) is 11.3. The van der Waals surface area contributed by atoms with Crippen molar-refractivity contribution in [2.75, 3.05) is 56.4 Å². The molecule has 1 heterocycles. The fourth-order valence-corrected chi connectivity index (χ4v) is 18.0. The van der Waals surface area contributed by atoms with Crippen molar-refractivity contribution < 1.29 is 0 Å². The van der Waals surface area contributed by atoms with Gasteiger partial charge < -0.3 is 0 Å². The van der Waals surface area contributed by atoms with Crippen LogP contribution in [0.1, 0.15) is 0 Å². The van der Waals surface area contributed by atoms with E-state index in [0.29, 0.717) is 0 Å². The summed E-state index contributed by atoms with van der Waals surface area (Å²) in [6.45, 7) is 0. The lowest BCUT2D eigenvalue weighted by Crippen LogP contribution is -2.44. The first-order valence-corrected chi connectivity index (χ1v) is 14.2. The fourth-order valence-electron chi connectivity index (χ4n) is 2.08. The molecule has 0 spiro atoms. The number of hydrogen-bond donors (Lipinski definition) is 8. The highest BCUT2D eigenvalue weighted by atomic mass is 31.3. The van der Waals surface area contributed by atoms with Crippen LogP contribution >= 0.6 is 30.0 Å². The standard InChI is InChI=1S/C8H32N12P4/c1-9-21(10-2)17-22(11-3,12-4)19-24(15-7,16-8)20-23(13-5,14-6)18-21/h9,11,13,15,17-20H,1-8H3. The highest BCUT2D eigenvalue weighted by Gasteiger charge is 2.40. The lowest BCUT2D eigenvalue weighted by molar-refractivity contribution is 1.03. The monoisotopic (exact) mass is 420 g/mol. The van der Waals surface area contributed by atoms with E-state index in [9.17, 15) is 0 Å². The summed E-state index contributed by atoms with van der Waals surface area (Å²) < 4.78 is 18.4. The maximum Gasteiger partial charge on any atom is 0.172 e. The predicted molar refractivity (Wildman–Crippen MR) is 110 cm³/mol. The van der Waals surface area contributed by atoms with Crippen LogP contribution in [0.3, 0.4) is 0 Å². The maximum atomic E-state index is 4.60. The first kappa shape index (κ1) is 22.6. The van der Waals surface area contributed by atoms with Crippen molar-refractivity contribution in [2.45, 2.75) is 0 Å². The van der Waals surface area contributed by atoms with Crippen molar-refractivity contribution in [3.05, 3.63) is 0 Å². The van der Waals surface area contributed by atoms with Gasteiger partial charge in [0.25, 0.3) is 0 Å². The van der Waals surface area contributed by atoms with Crippen molar-refractivity contribution >= 4 is 30.0 Å². The Labute approximate surface area is 145 Å². The third-order valence-electron chi connectivity index (χ3n) is 3.65. The van der Waals surface area contributed by atoms with Crippen LogP contribution in [0.25, 0.3) is 0 Å². The number of nitrogens with zero attached hydrogens (tertiary/aromatic N) is 4. The van der Waals surface area contributed by atoms with Gasteiger partial charge in [-0.15, -0.1) is 0 Å². The van der Waals surface area contributed by atoms with E-state index < -0.39 is 30.0 Å². The van der Waals surface area contributed by atoms with Gasteiger partial charge in [0.2, 0.25) is 0 Å². The molecule has 1 aliphatic rings. The van der Waals surface area contributed by atoms with Crippen molar-refractivity contribution in [3.8, 4) is 0 Å². The van der Waals surface area contributed by atoms with E-state index in [0.717, 1.165) is 0 Å². The average Bonchev–Trinajstić information content (AvgIpc) is 2.63. The molecule has 0 aliphatic carbocycles. The van der Waals surface area contributed by atoms with E-state index in [4.69, 9.17) is 0 Å². The minimum absolute atomic E-state index is 1.77. The molecule has 0 unspecified atom stereocenters. The van der Waals surface area contributed by atoms with Gasteiger partial charge in [0.1, 0.15) is 0 Å². The van der Waals surface area contributed by atoms with Crippen LogP contribution < -0.4 is 39.8 Å². The minimum Gasteiger partial charge on any atom is -0.264 e. The Morgan fingerprint density at radius 1 is 0.458 bits per heavy atom. The minimum atomic E-state index is -2.33. The summed E-state index contributed by atoms with van der Waals surface area (Å²) in [6, 6.07) is 0. The molecule has 0 radical (unpaired) electrons. The van der Waals surface area contributed by atoms with Gasteiger partial charge in [-0.2, -0.15) is 19.4 Å². The zero-order chi connectivity index (χ0) is 18.5. The van der Waals surface area contributed by atoms with Crippen LogP contribution in [0.2, 0.25) is 0 Å². The van der Waals surface area contributed by atoms with E-state index in [2.05, 4.69) is 58.8 Å². The summed E-state index contributed by atoms with van der Waals surface area (Å²) in [5.74, 6) is 0. The van der Waals surface area contributed by atoms with Crippen molar-refractivity contribution in [1.29, 1.82) is 0 Å². The Kier molecular flexibility index (Phi) is 8.49. The van der Waals surface area contributed by atoms with Crippen LogP contribution in [0, 0.1) is 0 Å². The van der Waals surface area contributed by atoms with Crippen molar-refractivity contribution in [3.63, 3.8) is 0 Å². The summed E-state index contributed by atoms with van der Waals surface area (Å²) in [6.07, 6.45) is 0. The van der Waals surface area contributed by atoms with Crippen LogP contribution in [0.5, 0.6) is 0 Å². The number of hydrogen-bond acceptors (Lipinski definition) is 4. The highest BCUT2D eigenvalue weighted by molar-refractivity contribution is 7.90. The Morgan fingerprint density at radius 3 is 0.708 bits per heavy atom. The molecule has 0 aromatic carbocycles. The second-order valence-corrected chi connectivity index (χ2v) is 16.3. The smallest absolute Gasteiger partial charge is 0.172 e. The molecule has 0 aromatic rings. The molecule has 0 amide bonds. The lowest BCUT2D eigenvalue weighted by atomic mass is 11.6. The average molecular weight is 420 g/mol. The Balaban J connectivity index is 3.72. The van der Waals surface area contributed by atoms with Gasteiger partial charge in [0.15, 0.2) is 30.0 Å². The number of nitrogens with one attached hydrogen (secondary N) is 8. The zero-order valence-electron chi connectivity index (χ0n) is 15.6. The molecule has 1 aliphatic heterocycles. The van der Waals surface area contributed by atoms with Gasteiger partial charge in [-0.05, 0) is 28.2 Å². The lowest BCUT2D eigenvalue weighted by Gasteiger charge is -2.45. The molecule has 12 nitrogen and oxygen atoms in total. The van der Waals surface area contributed by atoms with E-state index >= 15 is 0 Å². The SMILES string of the molecule is CN=P1(NC)NP(=NC)(NC)NP(=NC)(NC)NP(=NC)(NC)N1. The zero-order valence-corrected chi connectivity index (χ0v) is 19.2. The van der Waals surface area contributed by atoms with Gasteiger partial charge in [-0.3, -0.25) is 39.3 Å². The van der Waals surface area contributed by atoms with E-state index in [1.54, 1.807) is 28.2 Å². The molecule has 0 bridgehead atoms. The summed E-state index contributed by atoms with van der Waals surface area (Å²) in [5.41, 5.74) is 0. The van der Waals surface area contributed by atoms with E-state index in [1.165, 1.54) is 0 Å². The summed E-state index contributed by atoms with van der Waals surface area (Å²) in [4.78, 5) is 14.4. The third kappa shape index (κ3) is 4.46. The molecule has 1 saturated heterocycles. The summed E-state index contributed by atoms with van der Waals surface area (Å²) >= 11 is 0. The van der Waals surface area contributed by atoms with Gasteiger partial charge in [0.05, 0.1) is 0 Å². The molecule has 144 valence electrons. The van der Waals surface area contributed by atoms with Crippen LogP contribution in [-0.2, 0) is 0 Å². The molecular formula is C8H32N12P4. The van der Waals surface area contributed by atoms with Crippen molar-refractivity contribution in [1.82, 2.24) is 39.8 Å². The Hall–Kier alpha value is 0.600. The quantitative estimate of drug-likeness (QED) is 0.320. The van der Waals surface area contributed by atoms with Crippen LogP contribution in [-0.4, -0.2) is 56.4 Å². The van der Waals surface area contributed by atoms with Gasteiger partial charge in [0, 0.05) is 28.2 Å². The van der Waals surface area contributed by atoms with Gasteiger partial charge in [-0.1, -0.05) is 0 Å². The molecule has 8 N–H and O–H groups in total. The first-order valence-electron chi connectivity index (χ1n) is 7.27. The molecule has 24 heavy (non-hydrogen) atoms. The molecule has 0 aromatic heterocycles. The maximum absolute atomic E-state index is 4.60. The molecule has 1 rings (SSSR count). The third-order valence-corrected chi connectivity index (χ3v) is 17.9. The molecular weight excluding hydrogens is 388 g/mol. The highest BCUT2D eigenvalue weighted by Crippen LogP contribution is 2.64. The van der Waals surface area contributed by atoms with E-state index in [-0.39, 0.29) is 0 Å². The van der Waals surface area contributed by atoms with Gasteiger partial charge >= 0.3 is 0 Å². The number of rotatable bonds is 4. The molecule has 16 heteroatoms. The fraction of sp³-hybridized carbons (Fsp3) is 1.00. The Bertz CT molecular complexity index is 517. The molecule has 1 fully saturated rings. The van der Waals surface area contributed by atoms with Gasteiger partial charge in [-0.25, -0.2) is 0 Å². The topological polar surface area (TPSA) is 146 Å². The largest absolute Gasteiger partial charge is 0.264 e. The summed E-state index contributed by atoms with van der Waals surface area (Å²) in [7, 11) is 5.27. The molecule has 0 atom stereocenters. The normalized spacial score (nSPS) is 40.3. The second kappa shape index (κ2) is 9.00. The predicted octanol–water partition coefficient (Wildman–Crippen LogP) is 1.54. The Morgan fingerprint density at radius 2 is 0.625 bits per heavy atom. The summed E-state index contributed by atoms with van der Waals surface area (Å²) in [5, 5.41) is 13.2. The molecule has 0 saturated carbocycles. The van der Waals surface area contributed by atoms with Crippen LogP contribution in [0.4, 0.5) is 0 Å². The van der Waals surface area contributed by atoms with E-state index in [1.807, 2.05) is 28.2 Å². The van der Waals surface area contributed by atoms with Crippen molar-refractivity contribution in [2.24, 2.45) is 19.0 Å². The van der Waals surface area contributed by atoms with Crippen LogP contribution in [0.15, 0.2) is 19.0 Å².